The van der Waals surface area contributed by atoms with Gasteiger partial charge in [0, 0.05) is 30.2 Å². The SMILES string of the molecule is COc1ccc(CCN2C3COCC2CC(NC(=O)c2cccc(F)c2)C3)c(C)c1C. The third kappa shape index (κ3) is 4.75. The fourth-order valence-corrected chi connectivity index (χ4v) is 4.96. The largest absolute Gasteiger partial charge is 0.496 e. The summed E-state index contributed by atoms with van der Waals surface area (Å²) in [5.41, 5.74) is 4.20. The molecule has 2 fully saturated rings. The smallest absolute Gasteiger partial charge is 0.251 e. The van der Waals surface area contributed by atoms with Gasteiger partial charge in [-0.2, -0.15) is 0 Å². The molecule has 4 rings (SSSR count). The van der Waals surface area contributed by atoms with Crippen LogP contribution in [-0.4, -0.2) is 55.8 Å². The van der Waals surface area contributed by atoms with E-state index in [1.165, 1.54) is 28.8 Å². The Bertz CT molecular complexity index is 934. The van der Waals surface area contributed by atoms with Crippen LogP contribution in [0.4, 0.5) is 4.39 Å². The number of ether oxygens (including phenoxy) is 2. The van der Waals surface area contributed by atoms with Crippen molar-refractivity contribution >= 4 is 5.91 Å². The zero-order valence-electron chi connectivity index (χ0n) is 18.5. The van der Waals surface area contributed by atoms with Crippen LogP contribution >= 0.6 is 0 Å². The summed E-state index contributed by atoms with van der Waals surface area (Å²) in [6.45, 7) is 6.60. The van der Waals surface area contributed by atoms with Gasteiger partial charge in [0.1, 0.15) is 11.6 Å². The Hall–Kier alpha value is -2.44. The Morgan fingerprint density at radius 2 is 1.90 bits per heavy atom. The fraction of sp³-hybridized carbons (Fsp3) is 0.480. The van der Waals surface area contributed by atoms with Gasteiger partial charge >= 0.3 is 0 Å². The average Bonchev–Trinajstić information content (AvgIpc) is 2.75. The van der Waals surface area contributed by atoms with Crippen molar-refractivity contribution in [2.45, 2.75) is 51.2 Å². The van der Waals surface area contributed by atoms with Crippen LogP contribution in [0.15, 0.2) is 36.4 Å². The molecule has 0 saturated carbocycles. The number of benzene rings is 2. The molecule has 6 heteroatoms. The normalized spacial score (nSPS) is 23.4. The van der Waals surface area contributed by atoms with E-state index in [-0.39, 0.29) is 24.0 Å². The Morgan fingerprint density at radius 3 is 2.58 bits per heavy atom. The molecule has 31 heavy (non-hydrogen) atoms. The van der Waals surface area contributed by atoms with Crippen LogP contribution in [-0.2, 0) is 11.2 Å². The molecule has 2 aliphatic rings. The first-order chi connectivity index (χ1) is 15.0. The lowest BCUT2D eigenvalue weighted by molar-refractivity contribution is -0.0793. The van der Waals surface area contributed by atoms with Crippen molar-refractivity contribution in [3.63, 3.8) is 0 Å². The summed E-state index contributed by atoms with van der Waals surface area (Å²) in [6, 6.07) is 10.7. The van der Waals surface area contributed by atoms with Crippen molar-refractivity contribution in [3.8, 4) is 5.75 Å². The van der Waals surface area contributed by atoms with E-state index in [1.807, 2.05) is 0 Å². The van der Waals surface area contributed by atoms with Gasteiger partial charge in [0.05, 0.1) is 20.3 Å². The fourth-order valence-electron chi connectivity index (χ4n) is 4.96. The molecule has 0 aliphatic carbocycles. The van der Waals surface area contributed by atoms with Gasteiger partial charge in [0.15, 0.2) is 0 Å². The molecule has 0 spiro atoms. The van der Waals surface area contributed by atoms with Crippen LogP contribution in [0.3, 0.4) is 0 Å². The molecule has 2 aliphatic heterocycles. The maximum atomic E-state index is 13.5. The summed E-state index contributed by atoms with van der Waals surface area (Å²) in [5.74, 6) is 0.333. The molecular formula is C25H31FN2O3. The van der Waals surface area contributed by atoms with Crippen LogP contribution in [0.25, 0.3) is 0 Å². The van der Waals surface area contributed by atoms with Crippen molar-refractivity contribution in [2.24, 2.45) is 0 Å². The standard InChI is InChI=1S/C25H31FN2O3/c1-16-17(2)24(30-3)8-7-18(16)9-10-28-22-12-21(13-23(28)15-31-14-22)27-25(29)19-5-4-6-20(26)11-19/h4-8,11,21-23H,9-10,12-15H2,1-3H3,(H,27,29). The molecule has 2 bridgehead atoms. The molecule has 1 amide bonds. The highest BCUT2D eigenvalue weighted by Gasteiger charge is 2.39. The van der Waals surface area contributed by atoms with E-state index in [0.717, 1.165) is 31.6 Å². The summed E-state index contributed by atoms with van der Waals surface area (Å²) in [4.78, 5) is 15.1. The predicted octanol–water partition coefficient (Wildman–Crippen LogP) is 3.66. The monoisotopic (exact) mass is 426 g/mol. The van der Waals surface area contributed by atoms with Gasteiger partial charge in [-0.15, -0.1) is 0 Å². The molecule has 2 aromatic carbocycles. The number of nitrogens with one attached hydrogen (secondary N) is 1. The number of carbonyl (C=O) groups is 1. The minimum Gasteiger partial charge on any atom is -0.496 e. The Morgan fingerprint density at radius 1 is 1.16 bits per heavy atom. The second-order valence-electron chi connectivity index (χ2n) is 8.66. The molecular weight excluding hydrogens is 395 g/mol. The second-order valence-corrected chi connectivity index (χ2v) is 8.66. The number of hydrogen-bond donors (Lipinski definition) is 1. The van der Waals surface area contributed by atoms with Crippen molar-refractivity contribution in [1.29, 1.82) is 0 Å². The third-order valence-electron chi connectivity index (χ3n) is 6.80. The number of hydrogen-bond acceptors (Lipinski definition) is 4. The first-order valence-corrected chi connectivity index (χ1v) is 11.0. The highest BCUT2D eigenvalue weighted by molar-refractivity contribution is 5.94. The van der Waals surface area contributed by atoms with E-state index < -0.39 is 5.82 Å². The zero-order chi connectivity index (χ0) is 22.0. The van der Waals surface area contributed by atoms with Gasteiger partial charge in [-0.05, 0) is 74.1 Å². The molecule has 2 aromatic rings. The number of morpholine rings is 1. The lowest BCUT2D eigenvalue weighted by Crippen LogP contribution is -2.61. The van der Waals surface area contributed by atoms with Crippen LogP contribution in [0, 0.1) is 19.7 Å². The summed E-state index contributed by atoms with van der Waals surface area (Å²) >= 11 is 0. The lowest BCUT2D eigenvalue weighted by atomic mass is 9.89. The highest BCUT2D eigenvalue weighted by Crippen LogP contribution is 2.30. The predicted molar refractivity (Wildman–Crippen MR) is 118 cm³/mol. The van der Waals surface area contributed by atoms with E-state index in [9.17, 15) is 9.18 Å². The number of rotatable bonds is 6. The first kappa shape index (κ1) is 21.8. The number of nitrogens with zero attached hydrogens (tertiary/aromatic N) is 1. The average molecular weight is 427 g/mol. The Labute approximate surface area is 183 Å². The quantitative estimate of drug-likeness (QED) is 0.766. The molecule has 0 aromatic heterocycles. The van der Waals surface area contributed by atoms with E-state index in [1.54, 1.807) is 19.2 Å². The number of halogens is 1. The van der Waals surface area contributed by atoms with Crippen molar-refractivity contribution in [3.05, 3.63) is 64.5 Å². The van der Waals surface area contributed by atoms with E-state index in [0.29, 0.717) is 18.8 Å². The zero-order valence-corrected chi connectivity index (χ0v) is 18.5. The maximum absolute atomic E-state index is 13.5. The highest BCUT2D eigenvalue weighted by atomic mass is 19.1. The first-order valence-electron chi connectivity index (χ1n) is 11.0. The van der Waals surface area contributed by atoms with Crippen molar-refractivity contribution in [2.75, 3.05) is 26.9 Å². The summed E-state index contributed by atoms with van der Waals surface area (Å²) < 4.78 is 24.7. The second kappa shape index (κ2) is 9.37. The van der Waals surface area contributed by atoms with Crippen molar-refractivity contribution < 1.29 is 18.7 Å². The molecule has 5 nitrogen and oxygen atoms in total. The van der Waals surface area contributed by atoms with Crippen LogP contribution in [0.5, 0.6) is 5.75 Å². The number of carbonyl (C=O) groups excluding carboxylic acids is 1. The maximum Gasteiger partial charge on any atom is 0.251 e. The topological polar surface area (TPSA) is 50.8 Å². The minimum absolute atomic E-state index is 0.0795. The number of methoxy groups -OCH3 is 1. The van der Waals surface area contributed by atoms with Crippen LogP contribution in [0.1, 0.15) is 39.9 Å². The van der Waals surface area contributed by atoms with Crippen molar-refractivity contribution in [1.82, 2.24) is 10.2 Å². The molecule has 2 heterocycles. The van der Waals surface area contributed by atoms with Crippen LogP contribution < -0.4 is 10.1 Å². The lowest BCUT2D eigenvalue weighted by Gasteiger charge is -2.48. The number of fused-ring (bicyclic) bond motifs is 2. The number of amides is 1. The number of piperidine rings is 1. The Balaban J connectivity index is 1.39. The molecule has 2 atom stereocenters. The van der Waals surface area contributed by atoms with E-state index in [2.05, 4.69) is 36.2 Å². The molecule has 0 radical (unpaired) electrons. The minimum atomic E-state index is -0.392. The Kier molecular flexibility index (Phi) is 6.58. The molecule has 166 valence electrons. The van der Waals surface area contributed by atoms with Crippen LogP contribution in [0.2, 0.25) is 0 Å². The van der Waals surface area contributed by atoms with E-state index >= 15 is 0 Å². The summed E-state index contributed by atoms with van der Waals surface area (Å²) in [7, 11) is 1.71. The van der Waals surface area contributed by atoms with Gasteiger partial charge in [-0.3, -0.25) is 9.69 Å². The van der Waals surface area contributed by atoms with Gasteiger partial charge in [0.25, 0.3) is 5.91 Å². The molecule has 2 unspecified atom stereocenters. The van der Waals surface area contributed by atoms with Gasteiger partial charge in [0.2, 0.25) is 0 Å². The summed E-state index contributed by atoms with van der Waals surface area (Å²) in [6.07, 6.45) is 2.67. The van der Waals surface area contributed by atoms with Gasteiger partial charge in [-0.25, -0.2) is 4.39 Å². The third-order valence-corrected chi connectivity index (χ3v) is 6.80. The molecule has 1 N–H and O–H groups in total. The van der Waals surface area contributed by atoms with Gasteiger partial charge < -0.3 is 14.8 Å². The summed E-state index contributed by atoms with van der Waals surface area (Å²) in [5, 5.41) is 3.11. The van der Waals surface area contributed by atoms with E-state index in [4.69, 9.17) is 9.47 Å². The van der Waals surface area contributed by atoms with Gasteiger partial charge in [-0.1, -0.05) is 12.1 Å². The molecule has 2 saturated heterocycles.